The molecular formula is C11H7BrN2O2. The Bertz CT molecular complexity index is 526. The van der Waals surface area contributed by atoms with Gasteiger partial charge in [-0.15, -0.1) is 0 Å². The summed E-state index contributed by atoms with van der Waals surface area (Å²) in [5, 5.41) is 10.8. The maximum absolute atomic E-state index is 10.8. The van der Waals surface area contributed by atoms with Crippen LogP contribution in [0.15, 0.2) is 47.1 Å². The van der Waals surface area contributed by atoms with Crippen molar-refractivity contribution in [2.24, 2.45) is 0 Å². The summed E-state index contributed by atoms with van der Waals surface area (Å²) < 4.78 is 0.842. The van der Waals surface area contributed by atoms with Gasteiger partial charge >= 0.3 is 0 Å². The van der Waals surface area contributed by atoms with Crippen molar-refractivity contribution in [1.82, 2.24) is 4.98 Å². The minimum Gasteiger partial charge on any atom is -0.258 e. The maximum atomic E-state index is 10.8. The first kappa shape index (κ1) is 10.8. The van der Waals surface area contributed by atoms with Crippen molar-refractivity contribution in [3.63, 3.8) is 0 Å². The van der Waals surface area contributed by atoms with Crippen LogP contribution in [0.2, 0.25) is 0 Å². The van der Waals surface area contributed by atoms with Crippen LogP contribution >= 0.6 is 15.9 Å². The highest BCUT2D eigenvalue weighted by Crippen LogP contribution is 2.28. The fourth-order valence-corrected chi connectivity index (χ4v) is 1.62. The van der Waals surface area contributed by atoms with E-state index < -0.39 is 4.92 Å². The Hall–Kier alpha value is -1.75. The van der Waals surface area contributed by atoms with E-state index in [1.54, 1.807) is 36.5 Å². The topological polar surface area (TPSA) is 56.0 Å². The average Bonchev–Trinajstić information content (AvgIpc) is 2.30. The summed E-state index contributed by atoms with van der Waals surface area (Å²) in [6.07, 6.45) is 1.62. The maximum Gasteiger partial charge on any atom is 0.278 e. The van der Waals surface area contributed by atoms with Gasteiger partial charge in [-0.05, 0) is 34.1 Å². The Morgan fingerprint density at radius 1 is 1.19 bits per heavy atom. The first-order valence-corrected chi connectivity index (χ1v) is 5.33. The molecule has 2 rings (SSSR count). The number of nitro groups is 1. The van der Waals surface area contributed by atoms with Crippen LogP contribution in [0.1, 0.15) is 0 Å². The zero-order valence-corrected chi connectivity index (χ0v) is 9.72. The number of rotatable bonds is 2. The van der Waals surface area contributed by atoms with E-state index >= 15 is 0 Å². The Morgan fingerprint density at radius 2 is 1.94 bits per heavy atom. The molecule has 16 heavy (non-hydrogen) atoms. The molecule has 80 valence electrons. The van der Waals surface area contributed by atoms with Crippen LogP contribution in [0.4, 0.5) is 5.69 Å². The van der Waals surface area contributed by atoms with Crippen molar-refractivity contribution in [3.05, 3.63) is 57.2 Å². The van der Waals surface area contributed by atoms with Crippen LogP contribution in [0.5, 0.6) is 0 Å². The second-order valence-corrected chi connectivity index (χ2v) is 4.05. The number of nitrogens with zero attached hydrogens (tertiary/aromatic N) is 2. The van der Waals surface area contributed by atoms with Gasteiger partial charge in [-0.3, -0.25) is 15.1 Å². The van der Waals surface area contributed by atoms with Crippen molar-refractivity contribution < 1.29 is 4.92 Å². The SMILES string of the molecule is O=[N+]([O-])c1ccccc1-c1ccc(Br)cn1. The predicted octanol–water partition coefficient (Wildman–Crippen LogP) is 3.42. The van der Waals surface area contributed by atoms with Gasteiger partial charge in [0.25, 0.3) is 5.69 Å². The fourth-order valence-electron chi connectivity index (χ4n) is 1.38. The largest absolute Gasteiger partial charge is 0.278 e. The molecule has 0 radical (unpaired) electrons. The zero-order valence-electron chi connectivity index (χ0n) is 8.13. The lowest BCUT2D eigenvalue weighted by Gasteiger charge is -2.01. The van der Waals surface area contributed by atoms with E-state index in [1.807, 2.05) is 0 Å². The summed E-state index contributed by atoms with van der Waals surface area (Å²) in [5.41, 5.74) is 1.19. The van der Waals surface area contributed by atoms with Gasteiger partial charge in [0.2, 0.25) is 0 Å². The van der Waals surface area contributed by atoms with Gasteiger partial charge in [0.1, 0.15) is 0 Å². The molecular weight excluding hydrogens is 272 g/mol. The Kier molecular flexibility index (Phi) is 2.96. The Balaban J connectivity index is 2.55. The minimum atomic E-state index is -0.404. The second-order valence-electron chi connectivity index (χ2n) is 3.14. The van der Waals surface area contributed by atoms with E-state index in [4.69, 9.17) is 0 Å². The number of benzene rings is 1. The lowest BCUT2D eigenvalue weighted by Crippen LogP contribution is -1.92. The van der Waals surface area contributed by atoms with E-state index in [2.05, 4.69) is 20.9 Å². The molecule has 0 unspecified atom stereocenters. The van der Waals surface area contributed by atoms with Gasteiger partial charge in [-0.25, -0.2) is 0 Å². The van der Waals surface area contributed by atoms with Gasteiger partial charge in [-0.2, -0.15) is 0 Å². The molecule has 5 heteroatoms. The summed E-state index contributed by atoms with van der Waals surface area (Å²) in [5.74, 6) is 0. The molecule has 0 atom stereocenters. The normalized spacial score (nSPS) is 10.1. The van der Waals surface area contributed by atoms with Crippen molar-refractivity contribution in [2.75, 3.05) is 0 Å². The van der Waals surface area contributed by atoms with Gasteiger partial charge in [0.05, 0.1) is 16.2 Å². The molecule has 0 amide bonds. The molecule has 4 nitrogen and oxygen atoms in total. The zero-order chi connectivity index (χ0) is 11.5. The summed E-state index contributed by atoms with van der Waals surface area (Å²) in [6.45, 7) is 0. The van der Waals surface area contributed by atoms with Crippen molar-refractivity contribution in [1.29, 1.82) is 0 Å². The molecule has 0 aliphatic rings. The van der Waals surface area contributed by atoms with Gasteiger partial charge < -0.3 is 0 Å². The van der Waals surface area contributed by atoms with E-state index in [0.717, 1.165) is 4.47 Å². The minimum absolute atomic E-state index is 0.0670. The average molecular weight is 279 g/mol. The lowest BCUT2D eigenvalue weighted by atomic mass is 10.1. The number of halogens is 1. The van der Waals surface area contributed by atoms with Crippen molar-refractivity contribution >= 4 is 21.6 Å². The number of pyridine rings is 1. The molecule has 0 aliphatic carbocycles. The third-order valence-electron chi connectivity index (χ3n) is 2.10. The molecule has 1 aromatic heterocycles. The first-order valence-electron chi connectivity index (χ1n) is 4.54. The molecule has 0 saturated heterocycles. The molecule has 0 N–H and O–H groups in total. The number of aromatic nitrogens is 1. The molecule has 0 fully saturated rings. The summed E-state index contributed by atoms with van der Waals surface area (Å²) in [6, 6.07) is 10.1. The van der Waals surface area contributed by atoms with Gasteiger partial charge in [0.15, 0.2) is 0 Å². The molecule has 0 bridgehead atoms. The highest BCUT2D eigenvalue weighted by molar-refractivity contribution is 9.10. The van der Waals surface area contributed by atoms with Crippen LogP contribution in [0.3, 0.4) is 0 Å². The summed E-state index contributed by atoms with van der Waals surface area (Å²) >= 11 is 3.27. The first-order chi connectivity index (χ1) is 7.68. The third kappa shape index (κ3) is 2.09. The van der Waals surface area contributed by atoms with Gasteiger partial charge in [0, 0.05) is 16.7 Å². The van der Waals surface area contributed by atoms with Crippen molar-refractivity contribution in [3.8, 4) is 11.3 Å². The van der Waals surface area contributed by atoms with Crippen molar-refractivity contribution in [2.45, 2.75) is 0 Å². The van der Waals surface area contributed by atoms with E-state index in [9.17, 15) is 10.1 Å². The number of hydrogen-bond acceptors (Lipinski definition) is 3. The standard InChI is InChI=1S/C11H7BrN2O2/c12-8-5-6-10(13-7-8)9-3-1-2-4-11(9)14(15)16/h1-7H. The second kappa shape index (κ2) is 4.40. The Morgan fingerprint density at radius 3 is 2.56 bits per heavy atom. The fraction of sp³-hybridized carbons (Fsp3) is 0. The highest BCUT2D eigenvalue weighted by atomic mass is 79.9. The molecule has 2 aromatic rings. The Labute approximate surface area is 100 Å². The molecule has 0 saturated carbocycles. The van der Waals surface area contributed by atoms with Crippen LogP contribution in [0.25, 0.3) is 11.3 Å². The van der Waals surface area contributed by atoms with E-state index in [-0.39, 0.29) is 5.69 Å². The lowest BCUT2D eigenvalue weighted by molar-refractivity contribution is -0.384. The van der Waals surface area contributed by atoms with Crippen LogP contribution in [-0.2, 0) is 0 Å². The molecule has 1 heterocycles. The van der Waals surface area contributed by atoms with E-state index in [1.165, 1.54) is 6.07 Å². The number of para-hydroxylation sites is 1. The highest BCUT2D eigenvalue weighted by Gasteiger charge is 2.14. The van der Waals surface area contributed by atoms with Crippen LogP contribution in [0, 0.1) is 10.1 Å². The molecule has 1 aromatic carbocycles. The third-order valence-corrected chi connectivity index (χ3v) is 2.57. The van der Waals surface area contributed by atoms with Crippen LogP contribution in [-0.4, -0.2) is 9.91 Å². The van der Waals surface area contributed by atoms with Crippen LogP contribution < -0.4 is 0 Å². The van der Waals surface area contributed by atoms with Gasteiger partial charge in [-0.1, -0.05) is 12.1 Å². The quantitative estimate of drug-likeness (QED) is 0.625. The van der Waals surface area contributed by atoms with E-state index in [0.29, 0.717) is 11.3 Å². The predicted molar refractivity (Wildman–Crippen MR) is 64.0 cm³/mol. The summed E-state index contributed by atoms with van der Waals surface area (Å²) in [7, 11) is 0. The number of nitro benzene ring substituents is 1. The molecule has 0 spiro atoms. The molecule has 0 aliphatic heterocycles. The summed E-state index contributed by atoms with van der Waals surface area (Å²) in [4.78, 5) is 14.6. The monoisotopic (exact) mass is 278 g/mol. The smallest absolute Gasteiger partial charge is 0.258 e. The number of hydrogen-bond donors (Lipinski definition) is 0.